The monoisotopic (exact) mass is 234 g/mol. The Balaban J connectivity index is 2.45. The van der Waals surface area contributed by atoms with Gasteiger partial charge in [-0.1, -0.05) is 30.3 Å². The topological polar surface area (TPSA) is 55.1 Å². The van der Waals surface area contributed by atoms with Crippen LogP contribution in [0.15, 0.2) is 36.7 Å². The highest BCUT2D eigenvalue weighted by Gasteiger charge is 2.21. The molecule has 1 heterocycles. The van der Waals surface area contributed by atoms with Crippen LogP contribution < -0.4 is 0 Å². The van der Waals surface area contributed by atoms with Gasteiger partial charge in [0.15, 0.2) is 5.69 Å². The Morgan fingerprint density at radius 3 is 2.65 bits per heavy atom. The molecule has 4 nitrogen and oxygen atoms in total. The highest BCUT2D eigenvalue weighted by molar-refractivity contribution is 5.85. The minimum Gasteiger partial charge on any atom is -0.476 e. The lowest BCUT2D eigenvalue weighted by Crippen LogP contribution is -2.14. The van der Waals surface area contributed by atoms with Gasteiger partial charge >= 0.3 is 5.97 Å². The van der Waals surface area contributed by atoms with Gasteiger partial charge in [-0.2, -0.15) is 4.39 Å². The van der Waals surface area contributed by atoms with E-state index in [2.05, 4.69) is 4.98 Å². The molecule has 0 aliphatic carbocycles. The molecule has 17 heavy (non-hydrogen) atoms. The molecule has 0 aliphatic rings. The Labute approximate surface area is 97.3 Å². The number of carboxylic acids is 1. The molecule has 0 fully saturated rings. The van der Waals surface area contributed by atoms with E-state index in [1.54, 1.807) is 6.92 Å². The summed E-state index contributed by atoms with van der Waals surface area (Å²) in [6, 6.07) is 8.99. The minimum atomic E-state index is -1.32. The summed E-state index contributed by atoms with van der Waals surface area (Å²) in [4.78, 5) is 14.3. The van der Waals surface area contributed by atoms with E-state index in [0.29, 0.717) is 0 Å². The van der Waals surface area contributed by atoms with Gasteiger partial charge in [-0.05, 0) is 12.5 Å². The predicted molar refractivity (Wildman–Crippen MR) is 59.4 cm³/mol. The van der Waals surface area contributed by atoms with E-state index >= 15 is 0 Å². The standard InChI is InChI=1S/C12H11FN2O2/c1-8(9-5-3-2-4-6-9)15-7-14-11(13)10(15)12(16)17/h2-8H,1H3,(H,16,17). The molecule has 2 aromatic rings. The third kappa shape index (κ3) is 2.04. The molecule has 0 saturated heterocycles. The first-order valence-electron chi connectivity index (χ1n) is 5.12. The lowest BCUT2D eigenvalue weighted by molar-refractivity contribution is 0.0678. The Hall–Kier alpha value is -2.17. The molecule has 0 aliphatic heterocycles. The fourth-order valence-corrected chi connectivity index (χ4v) is 1.72. The number of carbonyl (C=O) groups is 1. The Morgan fingerprint density at radius 2 is 2.06 bits per heavy atom. The van der Waals surface area contributed by atoms with E-state index in [1.807, 2.05) is 30.3 Å². The van der Waals surface area contributed by atoms with Crippen molar-refractivity contribution in [3.05, 3.63) is 53.9 Å². The number of nitrogens with zero attached hydrogens (tertiary/aromatic N) is 2. The summed E-state index contributed by atoms with van der Waals surface area (Å²) in [5.74, 6) is -2.27. The van der Waals surface area contributed by atoms with Crippen molar-refractivity contribution < 1.29 is 14.3 Å². The lowest BCUT2D eigenvalue weighted by Gasteiger charge is -2.15. The average molecular weight is 234 g/mol. The molecule has 0 bridgehead atoms. The molecule has 5 heteroatoms. The molecule has 1 N–H and O–H groups in total. The molecule has 2 rings (SSSR count). The van der Waals surface area contributed by atoms with Crippen LogP contribution in [0.3, 0.4) is 0 Å². The Bertz CT molecular complexity index is 537. The van der Waals surface area contributed by atoms with Crippen molar-refractivity contribution in [2.45, 2.75) is 13.0 Å². The van der Waals surface area contributed by atoms with Crippen LogP contribution in [0.2, 0.25) is 0 Å². The minimum absolute atomic E-state index is 0.278. The number of halogens is 1. The first-order chi connectivity index (χ1) is 8.11. The molecule has 0 saturated carbocycles. The smallest absolute Gasteiger partial charge is 0.357 e. The molecule has 0 radical (unpaired) electrons. The fraction of sp³-hybridized carbons (Fsp3) is 0.167. The van der Waals surface area contributed by atoms with Crippen LogP contribution in [-0.4, -0.2) is 20.6 Å². The van der Waals surface area contributed by atoms with Gasteiger partial charge in [-0.3, -0.25) is 0 Å². The Morgan fingerprint density at radius 1 is 1.41 bits per heavy atom. The van der Waals surface area contributed by atoms with E-state index in [0.717, 1.165) is 5.56 Å². The molecule has 0 amide bonds. The summed E-state index contributed by atoms with van der Waals surface area (Å²) in [5.41, 5.74) is 0.480. The van der Waals surface area contributed by atoms with E-state index < -0.39 is 17.6 Å². The van der Waals surface area contributed by atoms with Gasteiger partial charge in [0.25, 0.3) is 0 Å². The first-order valence-corrected chi connectivity index (χ1v) is 5.12. The number of aromatic carboxylic acids is 1. The van der Waals surface area contributed by atoms with E-state index in [1.165, 1.54) is 10.9 Å². The normalized spacial score (nSPS) is 12.4. The van der Waals surface area contributed by atoms with E-state index in [4.69, 9.17) is 5.11 Å². The van der Waals surface area contributed by atoms with Crippen molar-refractivity contribution in [3.63, 3.8) is 0 Å². The molecule has 1 aromatic heterocycles. The van der Waals surface area contributed by atoms with Crippen LogP contribution in [0.4, 0.5) is 4.39 Å². The van der Waals surface area contributed by atoms with Crippen molar-refractivity contribution in [2.24, 2.45) is 0 Å². The summed E-state index contributed by atoms with van der Waals surface area (Å²) in [6.45, 7) is 1.79. The van der Waals surface area contributed by atoms with Crippen molar-refractivity contribution in [1.29, 1.82) is 0 Å². The zero-order chi connectivity index (χ0) is 12.4. The first kappa shape index (κ1) is 11.3. The third-order valence-corrected chi connectivity index (χ3v) is 2.65. The largest absolute Gasteiger partial charge is 0.476 e. The third-order valence-electron chi connectivity index (χ3n) is 2.65. The zero-order valence-corrected chi connectivity index (χ0v) is 9.17. The zero-order valence-electron chi connectivity index (χ0n) is 9.17. The van der Waals surface area contributed by atoms with Gasteiger partial charge in [-0.15, -0.1) is 0 Å². The van der Waals surface area contributed by atoms with Crippen LogP contribution in [0.5, 0.6) is 0 Å². The maximum Gasteiger partial charge on any atom is 0.357 e. The van der Waals surface area contributed by atoms with E-state index in [9.17, 15) is 9.18 Å². The van der Waals surface area contributed by atoms with Crippen LogP contribution in [0.25, 0.3) is 0 Å². The molecule has 1 aromatic carbocycles. The highest BCUT2D eigenvalue weighted by Crippen LogP contribution is 2.20. The van der Waals surface area contributed by atoms with Gasteiger partial charge in [0, 0.05) is 0 Å². The average Bonchev–Trinajstić information content (AvgIpc) is 2.71. The molecule has 1 atom stereocenters. The maximum atomic E-state index is 13.2. The summed E-state index contributed by atoms with van der Waals surface area (Å²) < 4.78 is 14.5. The number of carboxylic acid groups (broad SMARTS) is 1. The van der Waals surface area contributed by atoms with Gasteiger partial charge in [0.2, 0.25) is 5.95 Å². The lowest BCUT2D eigenvalue weighted by atomic mass is 10.1. The Kier molecular flexibility index (Phi) is 2.91. The molecule has 0 spiro atoms. The second kappa shape index (κ2) is 4.37. The molecule has 88 valence electrons. The summed E-state index contributed by atoms with van der Waals surface area (Å²) >= 11 is 0. The number of aromatic nitrogens is 2. The van der Waals surface area contributed by atoms with Crippen molar-refractivity contribution in [3.8, 4) is 0 Å². The van der Waals surface area contributed by atoms with Crippen molar-refractivity contribution >= 4 is 5.97 Å². The number of benzene rings is 1. The molecular formula is C12H11FN2O2. The predicted octanol–water partition coefficient (Wildman–Crippen LogP) is 2.33. The fourth-order valence-electron chi connectivity index (χ4n) is 1.72. The number of hydrogen-bond acceptors (Lipinski definition) is 2. The number of rotatable bonds is 3. The summed E-state index contributed by atoms with van der Waals surface area (Å²) in [6.07, 6.45) is 1.20. The highest BCUT2D eigenvalue weighted by atomic mass is 19.1. The van der Waals surface area contributed by atoms with Gasteiger partial charge < -0.3 is 9.67 Å². The van der Waals surface area contributed by atoms with Crippen LogP contribution in [-0.2, 0) is 0 Å². The quantitative estimate of drug-likeness (QED) is 0.886. The van der Waals surface area contributed by atoms with Gasteiger partial charge in [0.1, 0.15) is 0 Å². The number of imidazole rings is 1. The number of hydrogen-bond donors (Lipinski definition) is 1. The van der Waals surface area contributed by atoms with Crippen molar-refractivity contribution in [2.75, 3.05) is 0 Å². The second-order valence-electron chi connectivity index (χ2n) is 3.68. The second-order valence-corrected chi connectivity index (χ2v) is 3.68. The van der Waals surface area contributed by atoms with Crippen LogP contribution >= 0.6 is 0 Å². The van der Waals surface area contributed by atoms with Crippen LogP contribution in [0, 0.1) is 5.95 Å². The van der Waals surface area contributed by atoms with Gasteiger partial charge in [0.05, 0.1) is 12.4 Å². The summed E-state index contributed by atoms with van der Waals surface area (Å²) in [7, 11) is 0. The van der Waals surface area contributed by atoms with E-state index in [-0.39, 0.29) is 6.04 Å². The SMILES string of the molecule is CC(c1ccccc1)n1cnc(F)c1C(=O)O. The van der Waals surface area contributed by atoms with Crippen molar-refractivity contribution in [1.82, 2.24) is 9.55 Å². The maximum absolute atomic E-state index is 13.2. The van der Waals surface area contributed by atoms with Crippen LogP contribution in [0.1, 0.15) is 29.0 Å². The molecular weight excluding hydrogens is 223 g/mol. The summed E-state index contributed by atoms with van der Waals surface area (Å²) in [5, 5.41) is 8.93. The molecule has 1 unspecified atom stereocenters. The van der Waals surface area contributed by atoms with Gasteiger partial charge in [-0.25, -0.2) is 9.78 Å².